The second kappa shape index (κ2) is 5.15. The molecule has 88 valence electrons. The lowest BCUT2D eigenvalue weighted by Crippen LogP contribution is -2.00. The molecule has 0 fully saturated rings. The van der Waals surface area contributed by atoms with Crippen molar-refractivity contribution in [3.8, 4) is 11.4 Å². The summed E-state index contributed by atoms with van der Waals surface area (Å²) in [4.78, 5) is 8.73. The quantitative estimate of drug-likeness (QED) is 0.905. The van der Waals surface area contributed by atoms with Gasteiger partial charge in [-0.3, -0.25) is 0 Å². The highest BCUT2D eigenvalue weighted by atomic mass is 35.5. The summed E-state index contributed by atoms with van der Waals surface area (Å²) in [7, 11) is 0. The van der Waals surface area contributed by atoms with Gasteiger partial charge in [-0.15, -0.1) is 0 Å². The van der Waals surface area contributed by atoms with Crippen LogP contribution in [0.1, 0.15) is 19.0 Å². The lowest BCUT2D eigenvalue weighted by molar-refractivity contribution is 0.877. The number of halogens is 1. The van der Waals surface area contributed by atoms with Crippen LogP contribution in [0.15, 0.2) is 30.3 Å². The van der Waals surface area contributed by atoms with Crippen LogP contribution in [0.2, 0.25) is 5.02 Å². The van der Waals surface area contributed by atoms with Gasteiger partial charge in [0.1, 0.15) is 5.82 Å². The monoisotopic (exact) mass is 247 g/mol. The maximum atomic E-state index is 5.85. The third-order valence-electron chi connectivity index (χ3n) is 2.41. The molecule has 1 aromatic heterocycles. The molecule has 0 amide bonds. The van der Waals surface area contributed by atoms with Crippen LogP contribution >= 0.6 is 11.6 Å². The van der Waals surface area contributed by atoms with Crippen molar-refractivity contribution >= 4 is 17.4 Å². The summed E-state index contributed by atoms with van der Waals surface area (Å²) in [5.74, 6) is 1.17. The largest absolute Gasteiger partial charge is 0.384 e. The van der Waals surface area contributed by atoms with Gasteiger partial charge < -0.3 is 5.73 Å². The van der Waals surface area contributed by atoms with E-state index in [0.717, 1.165) is 24.1 Å². The number of nitrogens with two attached hydrogens (primary N) is 1. The number of aryl methyl sites for hydroxylation is 1. The molecule has 0 atom stereocenters. The Labute approximate surface area is 106 Å². The van der Waals surface area contributed by atoms with Crippen molar-refractivity contribution in [2.24, 2.45) is 0 Å². The Morgan fingerprint density at radius 1 is 1.18 bits per heavy atom. The lowest BCUT2D eigenvalue weighted by Gasteiger charge is -2.05. The summed E-state index contributed by atoms with van der Waals surface area (Å²) < 4.78 is 0. The van der Waals surface area contributed by atoms with Crippen molar-refractivity contribution in [1.29, 1.82) is 0 Å². The minimum atomic E-state index is 0.508. The fourth-order valence-corrected chi connectivity index (χ4v) is 1.76. The number of rotatable bonds is 3. The molecule has 1 aromatic carbocycles. The summed E-state index contributed by atoms with van der Waals surface area (Å²) >= 11 is 5.85. The second-order valence-electron chi connectivity index (χ2n) is 3.86. The zero-order valence-corrected chi connectivity index (χ0v) is 10.4. The Hall–Kier alpha value is -1.61. The standard InChI is InChI=1S/C13H14ClN3/c1-2-3-11-8-12(15)17-13(16-11)9-4-6-10(14)7-5-9/h4-8H,2-3H2,1H3,(H2,15,16,17). The fourth-order valence-electron chi connectivity index (χ4n) is 1.63. The number of anilines is 1. The van der Waals surface area contributed by atoms with Gasteiger partial charge in [-0.1, -0.05) is 24.9 Å². The Kier molecular flexibility index (Phi) is 3.59. The van der Waals surface area contributed by atoms with E-state index in [0.29, 0.717) is 16.7 Å². The lowest BCUT2D eigenvalue weighted by atomic mass is 10.2. The summed E-state index contributed by atoms with van der Waals surface area (Å²) in [6.07, 6.45) is 1.95. The van der Waals surface area contributed by atoms with E-state index in [1.165, 1.54) is 0 Å². The summed E-state index contributed by atoms with van der Waals surface area (Å²) in [5.41, 5.74) is 7.69. The van der Waals surface area contributed by atoms with E-state index in [9.17, 15) is 0 Å². The highest BCUT2D eigenvalue weighted by Gasteiger charge is 2.04. The van der Waals surface area contributed by atoms with Crippen molar-refractivity contribution in [2.45, 2.75) is 19.8 Å². The van der Waals surface area contributed by atoms with Crippen LogP contribution in [0.4, 0.5) is 5.82 Å². The van der Waals surface area contributed by atoms with Crippen molar-refractivity contribution in [3.63, 3.8) is 0 Å². The normalized spacial score (nSPS) is 10.5. The molecule has 2 aromatic rings. The predicted molar refractivity (Wildman–Crippen MR) is 70.9 cm³/mol. The van der Waals surface area contributed by atoms with Gasteiger partial charge in [-0.25, -0.2) is 9.97 Å². The first-order valence-corrected chi connectivity index (χ1v) is 5.96. The Morgan fingerprint density at radius 2 is 1.88 bits per heavy atom. The molecule has 4 heteroatoms. The first kappa shape index (κ1) is 11.9. The molecule has 3 nitrogen and oxygen atoms in total. The molecule has 0 unspecified atom stereocenters. The molecule has 2 rings (SSSR count). The number of aromatic nitrogens is 2. The van der Waals surface area contributed by atoms with Gasteiger partial charge in [0.15, 0.2) is 5.82 Å². The number of nitrogen functional groups attached to an aromatic ring is 1. The molecule has 0 radical (unpaired) electrons. The molecule has 17 heavy (non-hydrogen) atoms. The van der Waals surface area contributed by atoms with E-state index in [1.54, 1.807) is 0 Å². The van der Waals surface area contributed by atoms with Gasteiger partial charge in [-0.2, -0.15) is 0 Å². The predicted octanol–water partition coefficient (Wildman–Crippen LogP) is 3.33. The molecular weight excluding hydrogens is 234 g/mol. The maximum absolute atomic E-state index is 5.85. The van der Waals surface area contributed by atoms with Crippen LogP contribution in [0.5, 0.6) is 0 Å². The first-order valence-electron chi connectivity index (χ1n) is 5.58. The first-order chi connectivity index (χ1) is 8.19. The van der Waals surface area contributed by atoms with Crippen LogP contribution < -0.4 is 5.73 Å². The highest BCUT2D eigenvalue weighted by molar-refractivity contribution is 6.30. The zero-order valence-electron chi connectivity index (χ0n) is 9.65. The van der Waals surface area contributed by atoms with E-state index in [4.69, 9.17) is 17.3 Å². The molecule has 0 aliphatic rings. The van der Waals surface area contributed by atoms with Gasteiger partial charge in [0, 0.05) is 22.3 Å². The second-order valence-corrected chi connectivity index (χ2v) is 4.30. The van der Waals surface area contributed by atoms with Crippen molar-refractivity contribution in [1.82, 2.24) is 9.97 Å². The molecule has 2 N–H and O–H groups in total. The van der Waals surface area contributed by atoms with Crippen molar-refractivity contribution in [2.75, 3.05) is 5.73 Å². The molecule has 0 saturated carbocycles. The minimum Gasteiger partial charge on any atom is -0.384 e. The average molecular weight is 248 g/mol. The number of nitrogens with zero attached hydrogens (tertiary/aromatic N) is 2. The number of hydrogen-bond donors (Lipinski definition) is 1. The molecule has 0 saturated heterocycles. The van der Waals surface area contributed by atoms with Crippen LogP contribution in [0, 0.1) is 0 Å². The topological polar surface area (TPSA) is 51.8 Å². The fraction of sp³-hybridized carbons (Fsp3) is 0.231. The van der Waals surface area contributed by atoms with E-state index in [-0.39, 0.29) is 0 Å². The molecule has 0 spiro atoms. The average Bonchev–Trinajstić information content (AvgIpc) is 2.29. The minimum absolute atomic E-state index is 0.508. The van der Waals surface area contributed by atoms with Gasteiger partial charge in [0.2, 0.25) is 0 Å². The molecule has 1 heterocycles. The summed E-state index contributed by atoms with van der Waals surface area (Å²) in [6, 6.07) is 9.26. The van der Waals surface area contributed by atoms with Crippen LogP contribution in [-0.4, -0.2) is 9.97 Å². The Bertz CT molecular complexity index is 509. The van der Waals surface area contributed by atoms with Crippen molar-refractivity contribution < 1.29 is 0 Å². The van der Waals surface area contributed by atoms with Crippen LogP contribution in [0.3, 0.4) is 0 Å². The smallest absolute Gasteiger partial charge is 0.161 e. The molecular formula is C13H14ClN3. The third-order valence-corrected chi connectivity index (χ3v) is 2.66. The van der Waals surface area contributed by atoms with Gasteiger partial charge in [0.25, 0.3) is 0 Å². The zero-order chi connectivity index (χ0) is 12.3. The van der Waals surface area contributed by atoms with Gasteiger partial charge >= 0.3 is 0 Å². The Morgan fingerprint density at radius 3 is 2.53 bits per heavy atom. The molecule has 0 aliphatic heterocycles. The van der Waals surface area contributed by atoms with E-state index < -0.39 is 0 Å². The van der Waals surface area contributed by atoms with E-state index in [1.807, 2.05) is 30.3 Å². The molecule has 0 bridgehead atoms. The third kappa shape index (κ3) is 2.94. The van der Waals surface area contributed by atoms with Gasteiger partial charge in [0.05, 0.1) is 0 Å². The SMILES string of the molecule is CCCc1cc(N)nc(-c2ccc(Cl)cc2)n1. The highest BCUT2D eigenvalue weighted by Crippen LogP contribution is 2.19. The number of hydrogen-bond acceptors (Lipinski definition) is 3. The maximum Gasteiger partial charge on any atom is 0.161 e. The Balaban J connectivity index is 2.40. The van der Waals surface area contributed by atoms with Crippen LogP contribution in [0.25, 0.3) is 11.4 Å². The molecule has 0 aliphatic carbocycles. The van der Waals surface area contributed by atoms with Gasteiger partial charge in [-0.05, 0) is 30.7 Å². The van der Waals surface area contributed by atoms with Crippen molar-refractivity contribution in [3.05, 3.63) is 41.0 Å². The van der Waals surface area contributed by atoms with E-state index in [2.05, 4.69) is 16.9 Å². The van der Waals surface area contributed by atoms with Crippen LogP contribution in [-0.2, 0) is 6.42 Å². The van der Waals surface area contributed by atoms with E-state index >= 15 is 0 Å². The number of benzene rings is 1. The summed E-state index contributed by atoms with van der Waals surface area (Å²) in [6.45, 7) is 2.11. The summed E-state index contributed by atoms with van der Waals surface area (Å²) in [5, 5.41) is 0.700.